The second kappa shape index (κ2) is 7.15. The molecule has 2 nitrogen and oxygen atoms in total. The number of aryl methyl sites for hydroxylation is 1. The quantitative estimate of drug-likeness (QED) is 0.757. The Bertz CT molecular complexity index is 578. The highest BCUT2D eigenvalue weighted by molar-refractivity contribution is 9.10. The van der Waals surface area contributed by atoms with Gasteiger partial charge in [-0.3, -0.25) is 0 Å². The van der Waals surface area contributed by atoms with Crippen LogP contribution in [0.5, 0.6) is 5.75 Å². The van der Waals surface area contributed by atoms with Crippen molar-refractivity contribution in [1.82, 2.24) is 0 Å². The Morgan fingerprint density at radius 1 is 1.20 bits per heavy atom. The van der Waals surface area contributed by atoms with Crippen LogP contribution in [0.1, 0.15) is 11.1 Å². The minimum atomic E-state index is 0.537. The third-order valence-electron chi connectivity index (χ3n) is 2.96. The first-order chi connectivity index (χ1) is 9.69. The summed E-state index contributed by atoms with van der Waals surface area (Å²) >= 11 is 3.54. The van der Waals surface area contributed by atoms with Gasteiger partial charge in [-0.1, -0.05) is 46.8 Å². The highest BCUT2D eigenvalue weighted by atomic mass is 79.9. The molecule has 0 radical (unpaired) electrons. The molecule has 0 aliphatic carbocycles. The van der Waals surface area contributed by atoms with Crippen molar-refractivity contribution >= 4 is 21.6 Å². The zero-order valence-corrected chi connectivity index (χ0v) is 13.1. The van der Waals surface area contributed by atoms with E-state index < -0.39 is 0 Å². The summed E-state index contributed by atoms with van der Waals surface area (Å²) in [6, 6.07) is 14.4. The van der Waals surface area contributed by atoms with Crippen molar-refractivity contribution in [2.24, 2.45) is 0 Å². The smallest absolute Gasteiger partial charge is 0.119 e. The maximum atomic E-state index is 5.46. The third kappa shape index (κ3) is 4.14. The molecule has 0 bridgehead atoms. The number of anilines is 1. The minimum Gasteiger partial charge on any atom is -0.490 e. The molecule has 0 aromatic heterocycles. The molecule has 2 aromatic rings. The fraction of sp³-hybridized carbons (Fsp3) is 0.176. The van der Waals surface area contributed by atoms with Gasteiger partial charge in [0.05, 0.1) is 0 Å². The summed E-state index contributed by atoms with van der Waals surface area (Å²) in [6.07, 6.45) is 1.74. The Labute approximate surface area is 128 Å². The maximum absolute atomic E-state index is 5.46. The summed E-state index contributed by atoms with van der Waals surface area (Å²) in [7, 11) is 0. The first kappa shape index (κ1) is 14.7. The predicted octanol–water partition coefficient (Wildman–Crippen LogP) is 4.93. The van der Waals surface area contributed by atoms with Crippen LogP contribution >= 0.6 is 15.9 Å². The topological polar surface area (TPSA) is 21.3 Å². The van der Waals surface area contributed by atoms with E-state index in [0.29, 0.717) is 6.61 Å². The van der Waals surface area contributed by atoms with Crippen molar-refractivity contribution in [3.63, 3.8) is 0 Å². The zero-order chi connectivity index (χ0) is 14.4. The van der Waals surface area contributed by atoms with E-state index in [4.69, 9.17) is 4.74 Å². The Morgan fingerprint density at radius 2 is 1.95 bits per heavy atom. The van der Waals surface area contributed by atoms with Gasteiger partial charge in [0, 0.05) is 16.7 Å². The number of hydrogen-bond donors (Lipinski definition) is 1. The van der Waals surface area contributed by atoms with Crippen LogP contribution in [0.25, 0.3) is 0 Å². The van der Waals surface area contributed by atoms with Crippen molar-refractivity contribution in [3.8, 4) is 5.75 Å². The maximum Gasteiger partial charge on any atom is 0.119 e. The van der Waals surface area contributed by atoms with E-state index in [1.54, 1.807) is 6.08 Å². The monoisotopic (exact) mass is 331 g/mol. The summed E-state index contributed by atoms with van der Waals surface area (Å²) in [6.45, 7) is 7.04. The second-order valence-corrected chi connectivity index (χ2v) is 5.42. The number of nitrogens with one attached hydrogen (secondary N) is 1. The second-order valence-electron chi connectivity index (χ2n) is 4.56. The van der Waals surface area contributed by atoms with E-state index in [-0.39, 0.29) is 0 Å². The van der Waals surface area contributed by atoms with Crippen molar-refractivity contribution in [2.75, 3.05) is 11.9 Å². The van der Waals surface area contributed by atoms with E-state index in [1.807, 2.05) is 12.1 Å². The fourth-order valence-corrected chi connectivity index (χ4v) is 2.14. The summed E-state index contributed by atoms with van der Waals surface area (Å²) in [5.74, 6) is 0.867. The lowest BCUT2D eigenvalue weighted by Crippen LogP contribution is -2.00. The Hall–Kier alpha value is -1.74. The van der Waals surface area contributed by atoms with Gasteiger partial charge in [-0.25, -0.2) is 0 Å². The van der Waals surface area contributed by atoms with Crippen molar-refractivity contribution in [2.45, 2.75) is 13.5 Å². The first-order valence-electron chi connectivity index (χ1n) is 6.51. The lowest BCUT2D eigenvalue weighted by molar-refractivity contribution is 0.363. The van der Waals surface area contributed by atoms with Gasteiger partial charge in [-0.15, -0.1) is 0 Å². The van der Waals surface area contributed by atoms with Crippen LogP contribution in [-0.2, 0) is 6.54 Å². The van der Waals surface area contributed by atoms with E-state index in [1.165, 1.54) is 11.1 Å². The van der Waals surface area contributed by atoms with E-state index in [2.05, 4.69) is 65.1 Å². The lowest BCUT2D eigenvalue weighted by atomic mass is 10.2. The average Bonchev–Trinajstić information content (AvgIpc) is 2.47. The highest BCUT2D eigenvalue weighted by Gasteiger charge is 1.99. The van der Waals surface area contributed by atoms with Gasteiger partial charge in [0.1, 0.15) is 12.4 Å². The third-order valence-corrected chi connectivity index (χ3v) is 3.81. The molecule has 0 atom stereocenters. The molecule has 2 aromatic carbocycles. The molecule has 0 amide bonds. The largest absolute Gasteiger partial charge is 0.490 e. The van der Waals surface area contributed by atoms with Crippen LogP contribution in [-0.4, -0.2) is 6.61 Å². The van der Waals surface area contributed by atoms with Crippen LogP contribution in [0.3, 0.4) is 0 Å². The normalized spacial score (nSPS) is 10.1. The Morgan fingerprint density at radius 3 is 2.60 bits per heavy atom. The molecular formula is C17H18BrNO. The molecule has 104 valence electrons. The van der Waals surface area contributed by atoms with Crippen LogP contribution in [0, 0.1) is 6.92 Å². The molecule has 0 unspecified atom stereocenters. The number of benzene rings is 2. The van der Waals surface area contributed by atoms with Gasteiger partial charge in [-0.2, -0.15) is 0 Å². The highest BCUT2D eigenvalue weighted by Crippen LogP contribution is 2.21. The predicted molar refractivity (Wildman–Crippen MR) is 88.3 cm³/mol. The van der Waals surface area contributed by atoms with Gasteiger partial charge in [0.25, 0.3) is 0 Å². The average molecular weight is 332 g/mol. The van der Waals surface area contributed by atoms with Gasteiger partial charge in [0.15, 0.2) is 0 Å². The Balaban J connectivity index is 1.93. The van der Waals surface area contributed by atoms with E-state index in [9.17, 15) is 0 Å². The summed E-state index contributed by atoms with van der Waals surface area (Å²) in [4.78, 5) is 0. The SMILES string of the molecule is C=CCOc1ccc(CNc2ccc(C)c(Br)c2)cc1. The van der Waals surface area contributed by atoms with Crippen molar-refractivity contribution in [3.05, 3.63) is 70.7 Å². The molecule has 0 saturated heterocycles. The number of ether oxygens (including phenoxy) is 1. The van der Waals surface area contributed by atoms with Gasteiger partial charge >= 0.3 is 0 Å². The number of rotatable bonds is 6. The van der Waals surface area contributed by atoms with Crippen molar-refractivity contribution < 1.29 is 4.74 Å². The number of hydrogen-bond acceptors (Lipinski definition) is 2. The summed E-state index contributed by atoms with van der Waals surface area (Å²) in [5, 5.41) is 3.40. The molecule has 0 aliphatic heterocycles. The van der Waals surface area contributed by atoms with E-state index >= 15 is 0 Å². The molecule has 0 heterocycles. The van der Waals surface area contributed by atoms with Gasteiger partial charge < -0.3 is 10.1 Å². The number of halogens is 1. The molecule has 2 rings (SSSR count). The summed E-state index contributed by atoms with van der Waals surface area (Å²) < 4.78 is 6.58. The fourth-order valence-electron chi connectivity index (χ4n) is 1.77. The molecule has 0 fully saturated rings. The van der Waals surface area contributed by atoms with Crippen LogP contribution in [0.15, 0.2) is 59.6 Å². The van der Waals surface area contributed by atoms with E-state index in [0.717, 1.165) is 22.5 Å². The molecule has 0 aliphatic rings. The lowest BCUT2D eigenvalue weighted by Gasteiger charge is -2.09. The molecule has 1 N–H and O–H groups in total. The molecule has 0 saturated carbocycles. The summed E-state index contributed by atoms with van der Waals surface area (Å²) in [5.41, 5.74) is 3.56. The molecule has 20 heavy (non-hydrogen) atoms. The van der Waals surface area contributed by atoms with Crippen LogP contribution in [0.2, 0.25) is 0 Å². The minimum absolute atomic E-state index is 0.537. The van der Waals surface area contributed by atoms with Crippen LogP contribution < -0.4 is 10.1 Å². The van der Waals surface area contributed by atoms with Gasteiger partial charge in [-0.05, 0) is 42.3 Å². The standard InChI is InChI=1S/C17H18BrNO/c1-3-10-20-16-8-5-14(6-9-16)12-19-15-7-4-13(2)17(18)11-15/h3-9,11,19H,1,10,12H2,2H3. The molecule has 3 heteroatoms. The molecule has 0 spiro atoms. The first-order valence-corrected chi connectivity index (χ1v) is 7.31. The zero-order valence-electron chi connectivity index (χ0n) is 11.5. The van der Waals surface area contributed by atoms with Crippen molar-refractivity contribution in [1.29, 1.82) is 0 Å². The van der Waals surface area contributed by atoms with Crippen LogP contribution in [0.4, 0.5) is 5.69 Å². The van der Waals surface area contributed by atoms with Gasteiger partial charge in [0.2, 0.25) is 0 Å². The molecular weight excluding hydrogens is 314 g/mol. The Kier molecular flexibility index (Phi) is 5.24.